The van der Waals surface area contributed by atoms with Gasteiger partial charge in [0.15, 0.2) is 0 Å². The van der Waals surface area contributed by atoms with Crippen molar-refractivity contribution in [2.45, 2.75) is 32.3 Å². The highest BCUT2D eigenvalue weighted by molar-refractivity contribution is 5.97. The second-order valence-electron chi connectivity index (χ2n) is 5.31. The van der Waals surface area contributed by atoms with Crippen LogP contribution in [0.2, 0.25) is 0 Å². The minimum Gasteiger partial charge on any atom is -0.507 e. The number of carbonyl (C=O) groups is 1. The van der Waals surface area contributed by atoms with E-state index in [1.54, 1.807) is 24.0 Å². The zero-order chi connectivity index (χ0) is 13.3. The van der Waals surface area contributed by atoms with E-state index >= 15 is 0 Å². The van der Waals surface area contributed by atoms with Crippen LogP contribution in [0.25, 0.3) is 0 Å². The number of piperidine rings is 1. The van der Waals surface area contributed by atoms with E-state index < -0.39 is 5.60 Å². The van der Waals surface area contributed by atoms with Crippen molar-refractivity contribution in [1.82, 2.24) is 4.90 Å². The number of phenolic OH excluding ortho intramolecular Hbond substituents is 1. The molecule has 0 unspecified atom stereocenters. The fraction of sp³-hybridized carbons (Fsp3) is 0.500. The standard InChI is InChI=1S/C14H19NO3/c1-10-3-4-11(12(16)9-10)13(17)15-7-5-14(2,18)6-8-15/h3-4,9,16,18H,5-8H2,1-2H3. The van der Waals surface area contributed by atoms with Crippen LogP contribution in [0.1, 0.15) is 35.7 Å². The number of nitrogens with zero attached hydrogens (tertiary/aromatic N) is 1. The predicted octanol–water partition coefficient (Wildman–Crippen LogP) is 1.69. The van der Waals surface area contributed by atoms with Gasteiger partial charge in [-0.3, -0.25) is 4.79 Å². The number of benzene rings is 1. The Morgan fingerprint density at radius 1 is 1.33 bits per heavy atom. The molecule has 1 saturated heterocycles. The summed E-state index contributed by atoms with van der Waals surface area (Å²) < 4.78 is 0. The third kappa shape index (κ3) is 2.64. The lowest BCUT2D eigenvalue weighted by Gasteiger charge is -2.35. The lowest BCUT2D eigenvalue weighted by Crippen LogP contribution is -2.45. The van der Waals surface area contributed by atoms with E-state index in [2.05, 4.69) is 0 Å². The molecule has 18 heavy (non-hydrogen) atoms. The Morgan fingerprint density at radius 3 is 2.50 bits per heavy atom. The highest BCUT2D eigenvalue weighted by Gasteiger charge is 2.30. The maximum atomic E-state index is 12.2. The number of likely N-dealkylation sites (tertiary alicyclic amines) is 1. The molecule has 1 amide bonds. The third-order valence-corrected chi connectivity index (χ3v) is 3.51. The topological polar surface area (TPSA) is 60.8 Å². The molecule has 1 aromatic rings. The number of rotatable bonds is 1. The summed E-state index contributed by atoms with van der Waals surface area (Å²) >= 11 is 0. The van der Waals surface area contributed by atoms with Crippen molar-refractivity contribution in [2.75, 3.05) is 13.1 Å². The molecule has 0 atom stereocenters. The van der Waals surface area contributed by atoms with Crippen molar-refractivity contribution in [2.24, 2.45) is 0 Å². The Bertz CT molecular complexity index is 458. The van der Waals surface area contributed by atoms with E-state index in [1.807, 2.05) is 13.0 Å². The van der Waals surface area contributed by atoms with E-state index in [4.69, 9.17) is 0 Å². The van der Waals surface area contributed by atoms with E-state index in [1.165, 1.54) is 0 Å². The first kappa shape index (κ1) is 12.9. The number of aromatic hydroxyl groups is 1. The highest BCUT2D eigenvalue weighted by atomic mass is 16.3. The molecule has 1 heterocycles. The molecule has 0 aliphatic carbocycles. The molecule has 1 fully saturated rings. The lowest BCUT2D eigenvalue weighted by molar-refractivity contribution is -0.00207. The Hall–Kier alpha value is -1.55. The molecule has 0 saturated carbocycles. The molecular weight excluding hydrogens is 230 g/mol. The van der Waals surface area contributed by atoms with Crippen molar-refractivity contribution in [1.29, 1.82) is 0 Å². The second kappa shape index (κ2) is 4.61. The van der Waals surface area contributed by atoms with Crippen molar-refractivity contribution >= 4 is 5.91 Å². The van der Waals surface area contributed by atoms with Crippen LogP contribution < -0.4 is 0 Å². The summed E-state index contributed by atoms with van der Waals surface area (Å²) in [6, 6.07) is 5.06. The van der Waals surface area contributed by atoms with Crippen molar-refractivity contribution < 1.29 is 15.0 Å². The number of phenols is 1. The van der Waals surface area contributed by atoms with Gasteiger partial charge in [0.1, 0.15) is 5.75 Å². The quantitative estimate of drug-likeness (QED) is 0.796. The first-order valence-corrected chi connectivity index (χ1v) is 6.20. The van der Waals surface area contributed by atoms with Gasteiger partial charge >= 0.3 is 0 Å². The van der Waals surface area contributed by atoms with Crippen LogP contribution in [-0.2, 0) is 0 Å². The van der Waals surface area contributed by atoms with Gasteiger partial charge < -0.3 is 15.1 Å². The van der Waals surface area contributed by atoms with Crippen molar-refractivity contribution in [3.05, 3.63) is 29.3 Å². The molecule has 1 aromatic carbocycles. The number of hydrogen-bond acceptors (Lipinski definition) is 3. The largest absolute Gasteiger partial charge is 0.507 e. The predicted molar refractivity (Wildman–Crippen MR) is 68.6 cm³/mol. The molecule has 2 N–H and O–H groups in total. The average Bonchev–Trinajstić information content (AvgIpc) is 2.28. The minimum absolute atomic E-state index is 0.0253. The summed E-state index contributed by atoms with van der Waals surface area (Å²) in [5, 5.41) is 19.6. The monoisotopic (exact) mass is 249 g/mol. The van der Waals surface area contributed by atoms with Gasteiger partial charge in [-0.25, -0.2) is 0 Å². The fourth-order valence-corrected chi connectivity index (χ4v) is 2.18. The van der Waals surface area contributed by atoms with Gasteiger partial charge in [0.25, 0.3) is 5.91 Å². The van der Waals surface area contributed by atoms with Crippen molar-refractivity contribution in [3.63, 3.8) is 0 Å². The van der Waals surface area contributed by atoms with Gasteiger partial charge in [0.05, 0.1) is 11.2 Å². The first-order valence-electron chi connectivity index (χ1n) is 6.20. The molecule has 1 aliphatic rings. The highest BCUT2D eigenvalue weighted by Crippen LogP contribution is 2.25. The van der Waals surface area contributed by atoms with Gasteiger partial charge in [0, 0.05) is 13.1 Å². The first-order chi connectivity index (χ1) is 8.39. The van der Waals surface area contributed by atoms with Gasteiger partial charge in [-0.1, -0.05) is 6.07 Å². The molecule has 0 aromatic heterocycles. The van der Waals surface area contributed by atoms with E-state index in [-0.39, 0.29) is 11.7 Å². The van der Waals surface area contributed by atoms with Crippen LogP contribution in [0.5, 0.6) is 5.75 Å². The molecular formula is C14H19NO3. The van der Waals surface area contributed by atoms with Gasteiger partial charge in [0.2, 0.25) is 0 Å². The van der Waals surface area contributed by atoms with Gasteiger partial charge in [-0.15, -0.1) is 0 Å². The minimum atomic E-state index is -0.675. The molecule has 0 radical (unpaired) electrons. The number of hydrogen-bond donors (Lipinski definition) is 2. The molecule has 1 aliphatic heterocycles. The number of aliphatic hydroxyl groups is 1. The van der Waals surface area contributed by atoms with E-state index in [0.717, 1.165) is 5.56 Å². The normalized spacial score (nSPS) is 18.7. The second-order valence-corrected chi connectivity index (χ2v) is 5.31. The Kier molecular flexibility index (Phi) is 3.30. The molecule has 0 spiro atoms. The summed E-state index contributed by atoms with van der Waals surface area (Å²) in [5.41, 5.74) is 0.583. The number of carbonyl (C=O) groups excluding carboxylic acids is 1. The van der Waals surface area contributed by atoms with Gasteiger partial charge in [-0.2, -0.15) is 0 Å². The average molecular weight is 249 g/mol. The zero-order valence-corrected chi connectivity index (χ0v) is 10.8. The van der Waals surface area contributed by atoms with Crippen LogP contribution in [0.3, 0.4) is 0 Å². The number of amides is 1. The zero-order valence-electron chi connectivity index (χ0n) is 10.8. The fourth-order valence-electron chi connectivity index (χ4n) is 2.18. The molecule has 4 heteroatoms. The Balaban J connectivity index is 2.13. The molecule has 4 nitrogen and oxygen atoms in total. The van der Waals surface area contributed by atoms with Crippen LogP contribution >= 0.6 is 0 Å². The molecule has 98 valence electrons. The van der Waals surface area contributed by atoms with Crippen LogP contribution in [0.4, 0.5) is 0 Å². The SMILES string of the molecule is Cc1ccc(C(=O)N2CCC(C)(O)CC2)c(O)c1. The van der Waals surface area contributed by atoms with Crippen LogP contribution in [-0.4, -0.2) is 39.7 Å². The third-order valence-electron chi connectivity index (χ3n) is 3.51. The summed E-state index contributed by atoms with van der Waals surface area (Å²) in [7, 11) is 0. The van der Waals surface area contributed by atoms with Gasteiger partial charge in [-0.05, 0) is 44.4 Å². The smallest absolute Gasteiger partial charge is 0.257 e. The summed E-state index contributed by atoms with van der Waals surface area (Å²) in [6.45, 7) is 4.71. The molecule has 0 bridgehead atoms. The maximum Gasteiger partial charge on any atom is 0.257 e. The Labute approximate surface area is 107 Å². The van der Waals surface area contributed by atoms with Crippen LogP contribution in [0.15, 0.2) is 18.2 Å². The lowest BCUT2D eigenvalue weighted by atomic mass is 9.93. The Morgan fingerprint density at radius 2 is 1.94 bits per heavy atom. The maximum absolute atomic E-state index is 12.2. The number of aryl methyl sites for hydroxylation is 1. The van der Waals surface area contributed by atoms with E-state index in [9.17, 15) is 15.0 Å². The van der Waals surface area contributed by atoms with Crippen molar-refractivity contribution in [3.8, 4) is 5.75 Å². The summed E-state index contributed by atoms with van der Waals surface area (Å²) in [5.74, 6) is -0.139. The van der Waals surface area contributed by atoms with E-state index in [0.29, 0.717) is 31.5 Å². The summed E-state index contributed by atoms with van der Waals surface area (Å²) in [6.07, 6.45) is 1.15. The van der Waals surface area contributed by atoms with Crippen LogP contribution in [0, 0.1) is 6.92 Å². The summed E-state index contributed by atoms with van der Waals surface area (Å²) in [4.78, 5) is 13.9. The molecule has 2 rings (SSSR count).